The van der Waals surface area contributed by atoms with E-state index in [1.807, 2.05) is 0 Å². The van der Waals surface area contributed by atoms with Gasteiger partial charge in [-0.2, -0.15) is 5.26 Å². The van der Waals surface area contributed by atoms with Gasteiger partial charge in [-0.1, -0.05) is 12.1 Å². The molecular weight excluding hydrogens is 352 g/mol. The molecule has 0 spiro atoms. The van der Waals surface area contributed by atoms with Crippen LogP contribution in [-0.2, 0) is 10.0 Å². The molecule has 1 aromatic heterocycles. The summed E-state index contributed by atoms with van der Waals surface area (Å²) in [7, 11) is -3.30. The molecule has 2 aromatic rings. The van der Waals surface area contributed by atoms with E-state index in [2.05, 4.69) is 11.1 Å². The number of nitrogens with two attached hydrogens (primary N) is 1. The summed E-state index contributed by atoms with van der Waals surface area (Å²) >= 11 is 0. The Balaban J connectivity index is 2.09. The quantitative estimate of drug-likeness (QED) is 0.851. The number of nitrogens with zero attached hydrogens (tertiary/aromatic N) is 3. The van der Waals surface area contributed by atoms with E-state index in [4.69, 9.17) is 5.73 Å². The van der Waals surface area contributed by atoms with Crippen LogP contribution in [0.1, 0.15) is 29.9 Å². The Hall–Kier alpha value is -2.63. The van der Waals surface area contributed by atoms with E-state index >= 15 is 0 Å². The van der Waals surface area contributed by atoms with Crippen LogP contribution in [-0.4, -0.2) is 42.2 Å². The number of nitriles is 1. The molecule has 26 heavy (non-hydrogen) atoms. The molecule has 7 nitrogen and oxygen atoms in total. The van der Waals surface area contributed by atoms with E-state index in [1.165, 1.54) is 10.6 Å². The molecule has 3 N–H and O–H groups in total. The second-order valence-electron chi connectivity index (χ2n) is 6.45. The normalized spacial score (nSPS) is 18.4. The molecule has 8 heteroatoms. The number of phenols is 1. The number of para-hydroxylation sites is 1. The molecule has 1 fully saturated rings. The minimum atomic E-state index is -3.30. The number of aromatic hydroxyl groups is 1. The molecule has 0 radical (unpaired) electrons. The number of hydrogen-bond donors (Lipinski definition) is 2. The van der Waals surface area contributed by atoms with Crippen molar-refractivity contribution >= 4 is 15.8 Å². The molecule has 1 atom stereocenters. The van der Waals surface area contributed by atoms with Crippen molar-refractivity contribution in [3.8, 4) is 23.1 Å². The number of phenolic OH excluding ortho intramolecular Hbond substituents is 1. The van der Waals surface area contributed by atoms with Gasteiger partial charge in [0.2, 0.25) is 10.0 Å². The molecule has 0 aliphatic carbocycles. The van der Waals surface area contributed by atoms with Crippen molar-refractivity contribution in [2.45, 2.75) is 18.8 Å². The van der Waals surface area contributed by atoms with Crippen LogP contribution in [0.2, 0.25) is 0 Å². The van der Waals surface area contributed by atoms with Gasteiger partial charge in [0.25, 0.3) is 0 Å². The number of pyridine rings is 1. The number of piperidine rings is 1. The molecule has 1 aliphatic rings. The average molecular weight is 372 g/mol. The van der Waals surface area contributed by atoms with Gasteiger partial charge in [-0.05, 0) is 42.5 Å². The van der Waals surface area contributed by atoms with Crippen molar-refractivity contribution in [1.82, 2.24) is 9.29 Å². The average Bonchev–Trinajstić information content (AvgIpc) is 2.61. The number of aromatic nitrogens is 1. The van der Waals surface area contributed by atoms with Gasteiger partial charge in [-0.15, -0.1) is 0 Å². The molecule has 136 valence electrons. The first-order chi connectivity index (χ1) is 12.3. The zero-order valence-electron chi connectivity index (χ0n) is 14.4. The van der Waals surface area contributed by atoms with Crippen molar-refractivity contribution in [3.05, 3.63) is 41.5 Å². The lowest BCUT2D eigenvalue weighted by Crippen LogP contribution is -2.38. The van der Waals surface area contributed by atoms with Gasteiger partial charge in [0, 0.05) is 18.7 Å². The smallest absolute Gasteiger partial charge is 0.211 e. The van der Waals surface area contributed by atoms with Crippen LogP contribution in [0.25, 0.3) is 11.3 Å². The lowest BCUT2D eigenvalue weighted by Gasteiger charge is -2.31. The van der Waals surface area contributed by atoms with Gasteiger partial charge in [0.1, 0.15) is 17.6 Å². The molecule has 0 saturated carbocycles. The van der Waals surface area contributed by atoms with Crippen molar-refractivity contribution in [2.24, 2.45) is 0 Å². The van der Waals surface area contributed by atoms with Crippen LogP contribution in [0.5, 0.6) is 5.75 Å². The summed E-state index contributed by atoms with van der Waals surface area (Å²) in [6.45, 7) is 0.779. The summed E-state index contributed by atoms with van der Waals surface area (Å²) < 4.78 is 25.2. The van der Waals surface area contributed by atoms with E-state index in [9.17, 15) is 18.8 Å². The van der Waals surface area contributed by atoms with Crippen LogP contribution in [0.15, 0.2) is 30.3 Å². The number of hydrogen-bond acceptors (Lipinski definition) is 6. The number of benzene rings is 1. The zero-order valence-corrected chi connectivity index (χ0v) is 15.2. The van der Waals surface area contributed by atoms with E-state index in [0.717, 1.165) is 6.42 Å². The Bertz CT molecular complexity index is 982. The SMILES string of the molecule is CS(=O)(=O)N1CCCC(c2cc(-c3ccccc3O)nc(N)c2C#N)C1. The maximum Gasteiger partial charge on any atom is 0.211 e. The molecule has 2 heterocycles. The first kappa shape index (κ1) is 18.2. The Morgan fingerprint density at radius 3 is 2.77 bits per heavy atom. The molecule has 1 aliphatic heterocycles. The van der Waals surface area contributed by atoms with E-state index in [-0.39, 0.29) is 23.0 Å². The highest BCUT2D eigenvalue weighted by atomic mass is 32.2. The third-order valence-corrected chi connectivity index (χ3v) is 5.93. The van der Waals surface area contributed by atoms with Crippen LogP contribution in [0.3, 0.4) is 0 Å². The summed E-state index contributed by atoms with van der Waals surface area (Å²) in [5.74, 6) is -0.000716. The molecule has 3 rings (SSSR count). The molecule has 0 amide bonds. The van der Waals surface area contributed by atoms with Gasteiger partial charge in [0.15, 0.2) is 0 Å². The van der Waals surface area contributed by atoms with E-state index in [0.29, 0.717) is 36.3 Å². The first-order valence-corrected chi connectivity index (χ1v) is 10.1. The topological polar surface area (TPSA) is 120 Å². The van der Waals surface area contributed by atoms with Gasteiger partial charge in [-0.25, -0.2) is 17.7 Å². The van der Waals surface area contributed by atoms with Crippen molar-refractivity contribution in [3.63, 3.8) is 0 Å². The Morgan fingerprint density at radius 2 is 2.12 bits per heavy atom. The highest BCUT2D eigenvalue weighted by molar-refractivity contribution is 7.88. The Labute approximate surface area is 152 Å². The molecule has 1 unspecified atom stereocenters. The van der Waals surface area contributed by atoms with Crippen molar-refractivity contribution in [2.75, 3.05) is 25.1 Å². The standard InChI is InChI=1S/C18H20N4O3S/c1-26(24,25)22-8-4-5-12(11-22)14-9-16(21-18(20)15(14)10-19)13-6-2-3-7-17(13)23/h2-3,6-7,9,12,23H,4-5,8,11H2,1H3,(H2,20,21). The highest BCUT2D eigenvalue weighted by Crippen LogP contribution is 2.36. The number of anilines is 1. The maximum atomic E-state index is 11.9. The van der Waals surface area contributed by atoms with Gasteiger partial charge < -0.3 is 10.8 Å². The Kier molecular flexibility index (Phi) is 4.85. The fourth-order valence-corrected chi connectivity index (χ4v) is 4.27. The molecule has 1 saturated heterocycles. The number of nitrogen functional groups attached to an aromatic ring is 1. The summed E-state index contributed by atoms with van der Waals surface area (Å²) in [6.07, 6.45) is 2.65. The summed E-state index contributed by atoms with van der Waals surface area (Å²) in [6, 6.07) is 10.6. The largest absolute Gasteiger partial charge is 0.507 e. The second kappa shape index (κ2) is 6.94. The van der Waals surface area contributed by atoms with Crippen LogP contribution >= 0.6 is 0 Å². The second-order valence-corrected chi connectivity index (χ2v) is 8.43. The number of sulfonamides is 1. The van der Waals surface area contributed by atoms with Crippen molar-refractivity contribution in [1.29, 1.82) is 5.26 Å². The predicted octanol–water partition coefficient (Wildman–Crippen LogP) is 2.05. The van der Waals surface area contributed by atoms with Gasteiger partial charge in [0.05, 0.1) is 17.5 Å². The fourth-order valence-electron chi connectivity index (χ4n) is 3.35. The summed E-state index contributed by atoms with van der Waals surface area (Å²) in [4.78, 5) is 4.26. The van der Waals surface area contributed by atoms with Gasteiger partial charge in [-0.3, -0.25) is 0 Å². The van der Waals surface area contributed by atoms with Crippen molar-refractivity contribution < 1.29 is 13.5 Å². The first-order valence-electron chi connectivity index (χ1n) is 8.25. The summed E-state index contributed by atoms with van der Waals surface area (Å²) in [5.41, 5.74) is 7.92. The minimum absolute atomic E-state index is 0.0662. The highest BCUT2D eigenvalue weighted by Gasteiger charge is 2.29. The zero-order chi connectivity index (χ0) is 18.9. The lowest BCUT2D eigenvalue weighted by molar-refractivity contribution is 0.317. The lowest BCUT2D eigenvalue weighted by atomic mass is 9.88. The van der Waals surface area contributed by atoms with E-state index < -0.39 is 10.0 Å². The molecule has 1 aromatic carbocycles. The summed E-state index contributed by atoms with van der Waals surface area (Å²) in [5, 5.41) is 19.6. The van der Waals surface area contributed by atoms with Gasteiger partial charge >= 0.3 is 0 Å². The van der Waals surface area contributed by atoms with Crippen LogP contribution in [0, 0.1) is 11.3 Å². The molecular formula is C18H20N4O3S. The fraction of sp³-hybridized carbons (Fsp3) is 0.333. The minimum Gasteiger partial charge on any atom is -0.507 e. The predicted molar refractivity (Wildman–Crippen MR) is 98.9 cm³/mol. The third kappa shape index (κ3) is 3.49. The van der Waals surface area contributed by atoms with Crippen LogP contribution < -0.4 is 5.73 Å². The van der Waals surface area contributed by atoms with Crippen LogP contribution in [0.4, 0.5) is 5.82 Å². The van der Waals surface area contributed by atoms with E-state index in [1.54, 1.807) is 30.3 Å². The number of rotatable bonds is 3. The molecule has 0 bridgehead atoms. The monoisotopic (exact) mass is 372 g/mol. The third-order valence-electron chi connectivity index (χ3n) is 4.66. The Morgan fingerprint density at radius 1 is 1.38 bits per heavy atom. The maximum absolute atomic E-state index is 11.9.